The number of nitrogens with one attached hydrogen (secondary N) is 1. The summed E-state index contributed by atoms with van der Waals surface area (Å²) in [5, 5.41) is 20.9. The molecule has 0 bridgehead atoms. The van der Waals surface area contributed by atoms with E-state index >= 15 is 0 Å². The van der Waals surface area contributed by atoms with Gasteiger partial charge in [0.05, 0.1) is 41.3 Å². The van der Waals surface area contributed by atoms with E-state index in [1.54, 1.807) is 30.5 Å². The molecule has 0 saturated carbocycles. The molecule has 8 nitrogen and oxygen atoms in total. The first-order valence-corrected chi connectivity index (χ1v) is 9.33. The second kappa shape index (κ2) is 7.38. The van der Waals surface area contributed by atoms with Crippen LogP contribution in [0.2, 0.25) is 5.02 Å². The van der Waals surface area contributed by atoms with E-state index < -0.39 is 5.60 Å². The molecule has 9 heteroatoms. The minimum absolute atomic E-state index is 0.187. The fourth-order valence-corrected chi connectivity index (χ4v) is 3.68. The van der Waals surface area contributed by atoms with Gasteiger partial charge < -0.3 is 10.0 Å². The first-order chi connectivity index (χ1) is 13.5. The molecule has 1 fully saturated rings. The molecule has 3 N–H and O–H groups in total. The maximum absolute atomic E-state index is 12.7. The predicted molar refractivity (Wildman–Crippen MR) is 107 cm³/mol. The number of pyridine rings is 1. The Kier molecular flexibility index (Phi) is 4.92. The summed E-state index contributed by atoms with van der Waals surface area (Å²) in [5.74, 6) is 0.780. The number of rotatable bonds is 4. The summed E-state index contributed by atoms with van der Waals surface area (Å²) in [7, 11) is 0. The summed E-state index contributed by atoms with van der Waals surface area (Å²) in [5.41, 5.74) is 1.93. The van der Waals surface area contributed by atoms with Gasteiger partial charge in [-0.15, -0.1) is 0 Å². The molecule has 0 radical (unpaired) electrons. The second-order valence-corrected chi connectivity index (χ2v) is 7.50. The molecule has 3 heterocycles. The highest BCUT2D eigenvalue weighted by molar-refractivity contribution is 6.31. The molecule has 0 amide bonds. The van der Waals surface area contributed by atoms with Crippen molar-refractivity contribution in [2.24, 2.45) is 0 Å². The van der Waals surface area contributed by atoms with Gasteiger partial charge in [0, 0.05) is 18.1 Å². The summed E-state index contributed by atoms with van der Waals surface area (Å²) in [4.78, 5) is 23.4. The summed E-state index contributed by atoms with van der Waals surface area (Å²) in [6.07, 6.45) is 4.01. The van der Waals surface area contributed by atoms with Crippen molar-refractivity contribution >= 4 is 34.0 Å². The van der Waals surface area contributed by atoms with Crippen molar-refractivity contribution in [2.75, 3.05) is 23.5 Å². The fraction of sp³-hybridized carbons (Fsp3) is 0.316. The first-order valence-electron chi connectivity index (χ1n) is 8.96. The largest absolute Gasteiger partial charge is 0.388 e. The van der Waals surface area contributed by atoms with Gasteiger partial charge in [-0.2, -0.15) is 0 Å². The Labute approximate surface area is 166 Å². The average molecular weight is 402 g/mol. The Morgan fingerprint density at radius 2 is 1.96 bits per heavy atom. The fourth-order valence-electron chi connectivity index (χ4n) is 3.51. The zero-order valence-corrected chi connectivity index (χ0v) is 15.8. The molecule has 1 saturated heterocycles. The van der Waals surface area contributed by atoms with Crippen LogP contribution in [0.1, 0.15) is 12.8 Å². The standard InChI is InChI=1S/C19H20ClN5O3/c20-13-1-3-15-16(9-13)22-12-25(18(15)26)11-19(27)5-7-24(8-6-19)17-4-2-14(23-28)10-21-17/h1-4,9-10,12,23,27-28H,5-8,11H2. The maximum atomic E-state index is 12.7. The van der Waals surface area contributed by atoms with Gasteiger partial charge in [-0.05, 0) is 43.2 Å². The zero-order chi connectivity index (χ0) is 19.7. The third-order valence-corrected chi connectivity index (χ3v) is 5.38. The Balaban J connectivity index is 1.48. The van der Waals surface area contributed by atoms with Gasteiger partial charge in [0.2, 0.25) is 0 Å². The molecule has 146 valence electrons. The normalized spacial score (nSPS) is 16.3. The number of hydrogen-bond donors (Lipinski definition) is 3. The smallest absolute Gasteiger partial charge is 0.261 e. The van der Waals surface area contributed by atoms with Crippen molar-refractivity contribution in [3.63, 3.8) is 0 Å². The Morgan fingerprint density at radius 3 is 2.64 bits per heavy atom. The van der Waals surface area contributed by atoms with Crippen LogP contribution < -0.4 is 15.9 Å². The van der Waals surface area contributed by atoms with Gasteiger partial charge >= 0.3 is 0 Å². The maximum Gasteiger partial charge on any atom is 0.261 e. The van der Waals surface area contributed by atoms with Gasteiger partial charge in [-0.3, -0.25) is 20.0 Å². The molecular formula is C19H20ClN5O3. The monoisotopic (exact) mass is 401 g/mol. The van der Waals surface area contributed by atoms with Crippen molar-refractivity contribution in [3.8, 4) is 0 Å². The van der Waals surface area contributed by atoms with Gasteiger partial charge in [0.15, 0.2) is 0 Å². The van der Waals surface area contributed by atoms with Crippen LogP contribution in [0.3, 0.4) is 0 Å². The second-order valence-electron chi connectivity index (χ2n) is 7.07. The zero-order valence-electron chi connectivity index (χ0n) is 15.0. The van der Waals surface area contributed by atoms with Crippen LogP contribution in [0, 0.1) is 0 Å². The van der Waals surface area contributed by atoms with Crippen molar-refractivity contribution in [3.05, 3.63) is 58.2 Å². The lowest BCUT2D eigenvalue weighted by Gasteiger charge is -2.39. The number of piperidine rings is 1. The molecule has 4 rings (SSSR count). The van der Waals surface area contributed by atoms with E-state index in [-0.39, 0.29) is 12.1 Å². The molecule has 3 aromatic rings. The lowest BCUT2D eigenvalue weighted by molar-refractivity contribution is -0.00111. The number of fused-ring (bicyclic) bond motifs is 1. The molecule has 0 atom stereocenters. The summed E-state index contributed by atoms with van der Waals surface area (Å²) >= 11 is 5.96. The predicted octanol–water partition coefficient (Wildman–Crippen LogP) is 2.28. The number of hydrogen-bond acceptors (Lipinski definition) is 7. The SMILES string of the molecule is O=c1c2ccc(Cl)cc2ncn1CC1(O)CCN(c2ccc(NO)cn2)CC1. The number of benzene rings is 1. The van der Waals surface area contributed by atoms with Crippen LogP contribution in [0.4, 0.5) is 11.5 Å². The van der Waals surface area contributed by atoms with E-state index in [2.05, 4.69) is 20.3 Å². The van der Waals surface area contributed by atoms with Gasteiger partial charge in [0.25, 0.3) is 5.56 Å². The van der Waals surface area contributed by atoms with Gasteiger partial charge in [-0.25, -0.2) is 9.97 Å². The molecule has 0 spiro atoms. The van der Waals surface area contributed by atoms with E-state index in [9.17, 15) is 9.90 Å². The molecule has 28 heavy (non-hydrogen) atoms. The third kappa shape index (κ3) is 3.66. The number of anilines is 2. The highest BCUT2D eigenvalue weighted by Crippen LogP contribution is 2.27. The van der Waals surface area contributed by atoms with Gasteiger partial charge in [-0.1, -0.05) is 11.6 Å². The van der Waals surface area contributed by atoms with Crippen molar-refractivity contribution in [1.82, 2.24) is 14.5 Å². The molecule has 0 aliphatic carbocycles. The molecule has 1 aromatic carbocycles. The number of nitrogens with zero attached hydrogens (tertiary/aromatic N) is 4. The van der Waals surface area contributed by atoms with Crippen molar-refractivity contribution in [1.29, 1.82) is 0 Å². The van der Waals surface area contributed by atoms with Gasteiger partial charge in [0.1, 0.15) is 5.82 Å². The molecule has 0 unspecified atom stereocenters. The minimum atomic E-state index is -0.991. The first kappa shape index (κ1) is 18.7. The lowest BCUT2D eigenvalue weighted by Crippen LogP contribution is -2.48. The van der Waals surface area contributed by atoms with E-state index in [0.29, 0.717) is 47.5 Å². The van der Waals surface area contributed by atoms with Crippen molar-refractivity contribution < 1.29 is 10.3 Å². The summed E-state index contributed by atoms with van der Waals surface area (Å²) in [6.45, 7) is 1.41. The van der Waals surface area contributed by atoms with Crippen LogP contribution in [-0.2, 0) is 6.54 Å². The quantitative estimate of drug-likeness (QED) is 0.576. The number of halogens is 1. The highest BCUT2D eigenvalue weighted by Gasteiger charge is 2.33. The van der Waals surface area contributed by atoms with Crippen LogP contribution in [0.25, 0.3) is 10.9 Å². The minimum Gasteiger partial charge on any atom is -0.388 e. The Bertz CT molecular complexity index is 1050. The van der Waals surface area contributed by atoms with Crippen LogP contribution in [0.15, 0.2) is 47.7 Å². The number of aliphatic hydroxyl groups is 1. The average Bonchev–Trinajstić information content (AvgIpc) is 2.71. The molecule has 1 aliphatic rings. The lowest BCUT2D eigenvalue weighted by atomic mass is 9.91. The molecular weight excluding hydrogens is 382 g/mol. The Morgan fingerprint density at radius 1 is 1.18 bits per heavy atom. The third-order valence-electron chi connectivity index (χ3n) is 5.15. The summed E-state index contributed by atoms with van der Waals surface area (Å²) < 4.78 is 1.46. The molecule has 2 aromatic heterocycles. The van der Waals surface area contributed by atoms with E-state index in [0.717, 1.165) is 5.82 Å². The number of aromatic nitrogens is 3. The van der Waals surface area contributed by atoms with Crippen LogP contribution in [0.5, 0.6) is 0 Å². The van der Waals surface area contributed by atoms with Crippen molar-refractivity contribution in [2.45, 2.75) is 25.0 Å². The molecule has 1 aliphatic heterocycles. The summed E-state index contributed by atoms with van der Waals surface area (Å²) in [6, 6.07) is 8.52. The van der Waals surface area contributed by atoms with E-state index in [1.165, 1.54) is 10.9 Å². The van der Waals surface area contributed by atoms with E-state index in [4.69, 9.17) is 16.8 Å². The topological polar surface area (TPSA) is 104 Å². The highest BCUT2D eigenvalue weighted by atomic mass is 35.5. The van der Waals surface area contributed by atoms with Crippen LogP contribution >= 0.6 is 11.6 Å². The van der Waals surface area contributed by atoms with Crippen LogP contribution in [-0.4, -0.2) is 43.5 Å². The van der Waals surface area contributed by atoms with E-state index in [1.807, 2.05) is 6.07 Å². The Hall–Kier alpha value is -2.68.